The third-order valence-corrected chi connectivity index (χ3v) is 4.62. The molecule has 1 atom stereocenters. The normalized spacial score (nSPS) is 24.1. The number of ether oxygens (including phenoxy) is 2. The highest BCUT2D eigenvalue weighted by molar-refractivity contribution is 5.23. The lowest BCUT2D eigenvalue weighted by molar-refractivity contribution is -0.179. The molecule has 1 saturated carbocycles. The third-order valence-electron chi connectivity index (χ3n) is 4.62. The lowest BCUT2D eigenvalue weighted by atomic mass is 9.89. The van der Waals surface area contributed by atoms with Crippen molar-refractivity contribution >= 4 is 0 Å². The zero-order valence-electron chi connectivity index (χ0n) is 12.5. The van der Waals surface area contributed by atoms with Crippen molar-refractivity contribution in [1.29, 1.82) is 0 Å². The average Bonchev–Trinajstić information content (AvgIpc) is 2.91. The van der Waals surface area contributed by atoms with Crippen LogP contribution in [0.1, 0.15) is 49.8 Å². The number of rotatable bonds is 3. The third kappa shape index (κ3) is 3.05. The molecule has 0 radical (unpaired) electrons. The number of nitrogens with one attached hydrogen (secondary N) is 1. The second-order valence-corrected chi connectivity index (χ2v) is 6.18. The number of benzene rings is 1. The number of aryl methyl sites for hydroxylation is 1. The van der Waals surface area contributed by atoms with Crippen LogP contribution in [0.5, 0.6) is 0 Å². The van der Waals surface area contributed by atoms with Gasteiger partial charge >= 0.3 is 0 Å². The van der Waals surface area contributed by atoms with Gasteiger partial charge in [0.05, 0.1) is 13.2 Å². The van der Waals surface area contributed by atoms with E-state index >= 15 is 0 Å². The Bertz CT molecular complexity index is 427. The molecule has 0 unspecified atom stereocenters. The van der Waals surface area contributed by atoms with E-state index in [0.717, 1.165) is 38.9 Å². The summed E-state index contributed by atoms with van der Waals surface area (Å²) in [6, 6.07) is 9.79. The minimum atomic E-state index is -0.245. The summed E-state index contributed by atoms with van der Waals surface area (Å²) in [4.78, 5) is 0. The summed E-state index contributed by atoms with van der Waals surface area (Å²) in [7, 11) is 0. The molecule has 1 N–H and O–H groups in total. The molecule has 1 aromatic rings. The molecule has 1 spiro atoms. The highest BCUT2D eigenvalue weighted by Gasteiger charge is 2.40. The molecule has 0 aromatic heterocycles. The number of hydrogen-bond donors (Lipinski definition) is 1. The molecule has 0 amide bonds. The van der Waals surface area contributed by atoms with Crippen LogP contribution in [0.25, 0.3) is 0 Å². The van der Waals surface area contributed by atoms with Gasteiger partial charge in [0.15, 0.2) is 5.79 Å². The minimum Gasteiger partial charge on any atom is -0.348 e. The molecule has 3 nitrogen and oxygen atoms in total. The molecule has 1 aliphatic carbocycles. The molecule has 2 fully saturated rings. The van der Waals surface area contributed by atoms with Crippen molar-refractivity contribution in [2.45, 2.75) is 57.4 Å². The maximum atomic E-state index is 5.78. The zero-order chi connectivity index (χ0) is 14.0. The van der Waals surface area contributed by atoms with Crippen molar-refractivity contribution in [1.82, 2.24) is 5.32 Å². The van der Waals surface area contributed by atoms with Gasteiger partial charge < -0.3 is 14.8 Å². The molecular weight excluding hydrogens is 250 g/mol. The Morgan fingerprint density at radius 1 is 1.10 bits per heavy atom. The Balaban J connectivity index is 1.52. The topological polar surface area (TPSA) is 30.5 Å². The monoisotopic (exact) mass is 275 g/mol. The molecule has 1 saturated heterocycles. The van der Waals surface area contributed by atoms with Crippen molar-refractivity contribution in [2.24, 2.45) is 0 Å². The molecule has 1 heterocycles. The SMILES string of the molecule is Cc1ccc([C@H](C)NC2CCC3(CC2)OCCO3)cc1. The lowest BCUT2D eigenvalue weighted by Crippen LogP contribution is -2.42. The van der Waals surface area contributed by atoms with Crippen LogP contribution >= 0.6 is 0 Å². The Hall–Kier alpha value is -0.900. The average molecular weight is 275 g/mol. The molecule has 2 aliphatic rings. The van der Waals surface area contributed by atoms with E-state index in [2.05, 4.69) is 43.4 Å². The molecule has 3 rings (SSSR count). The van der Waals surface area contributed by atoms with Crippen molar-refractivity contribution in [3.8, 4) is 0 Å². The van der Waals surface area contributed by atoms with E-state index in [-0.39, 0.29) is 5.79 Å². The molecule has 20 heavy (non-hydrogen) atoms. The van der Waals surface area contributed by atoms with E-state index < -0.39 is 0 Å². The molecule has 3 heteroatoms. The van der Waals surface area contributed by atoms with Crippen LogP contribution < -0.4 is 5.32 Å². The predicted molar refractivity (Wildman–Crippen MR) is 79.6 cm³/mol. The van der Waals surface area contributed by atoms with Crippen molar-refractivity contribution in [2.75, 3.05) is 13.2 Å². The Morgan fingerprint density at radius 3 is 2.30 bits per heavy atom. The van der Waals surface area contributed by atoms with Crippen LogP contribution in [0, 0.1) is 6.92 Å². The van der Waals surface area contributed by atoms with E-state index in [1.807, 2.05) is 0 Å². The van der Waals surface area contributed by atoms with Gasteiger partial charge in [-0.2, -0.15) is 0 Å². The first-order valence-electron chi connectivity index (χ1n) is 7.77. The maximum Gasteiger partial charge on any atom is 0.168 e. The summed E-state index contributed by atoms with van der Waals surface area (Å²) in [5.74, 6) is -0.245. The summed E-state index contributed by atoms with van der Waals surface area (Å²) in [6.07, 6.45) is 4.31. The lowest BCUT2D eigenvalue weighted by Gasteiger charge is -2.36. The van der Waals surface area contributed by atoms with E-state index in [1.54, 1.807) is 0 Å². The van der Waals surface area contributed by atoms with Gasteiger partial charge in [0.1, 0.15) is 0 Å². The summed E-state index contributed by atoms with van der Waals surface area (Å²) in [5, 5.41) is 3.75. The molecule has 110 valence electrons. The van der Waals surface area contributed by atoms with Gasteiger partial charge in [-0.15, -0.1) is 0 Å². The second kappa shape index (κ2) is 5.84. The minimum absolute atomic E-state index is 0.245. The van der Waals surface area contributed by atoms with E-state index in [4.69, 9.17) is 9.47 Å². The van der Waals surface area contributed by atoms with Crippen molar-refractivity contribution < 1.29 is 9.47 Å². The summed E-state index contributed by atoms with van der Waals surface area (Å²) in [6.45, 7) is 5.90. The molecule has 0 bridgehead atoms. The fourth-order valence-electron chi connectivity index (χ4n) is 3.31. The highest BCUT2D eigenvalue weighted by Crippen LogP contribution is 2.36. The summed E-state index contributed by atoms with van der Waals surface area (Å²) >= 11 is 0. The highest BCUT2D eigenvalue weighted by atomic mass is 16.7. The standard InChI is InChI=1S/C17H25NO2/c1-13-3-5-15(6-4-13)14(2)18-16-7-9-17(10-8-16)19-11-12-20-17/h3-6,14,16,18H,7-12H2,1-2H3/t14-/m0/s1. The largest absolute Gasteiger partial charge is 0.348 e. The van der Waals surface area contributed by atoms with Crippen LogP contribution in [-0.4, -0.2) is 25.0 Å². The quantitative estimate of drug-likeness (QED) is 0.918. The van der Waals surface area contributed by atoms with Crippen LogP contribution in [0.4, 0.5) is 0 Å². The molecule has 1 aromatic carbocycles. The fourth-order valence-corrected chi connectivity index (χ4v) is 3.31. The van der Waals surface area contributed by atoms with Gasteiger partial charge in [0.25, 0.3) is 0 Å². The van der Waals surface area contributed by atoms with Crippen LogP contribution in [0.3, 0.4) is 0 Å². The first kappa shape index (κ1) is 14.1. The summed E-state index contributed by atoms with van der Waals surface area (Å²) < 4.78 is 11.6. The van der Waals surface area contributed by atoms with Gasteiger partial charge in [-0.25, -0.2) is 0 Å². The van der Waals surface area contributed by atoms with Gasteiger partial charge in [-0.3, -0.25) is 0 Å². The van der Waals surface area contributed by atoms with E-state index in [1.165, 1.54) is 11.1 Å². The van der Waals surface area contributed by atoms with E-state index in [9.17, 15) is 0 Å². The van der Waals surface area contributed by atoms with Gasteiger partial charge in [-0.1, -0.05) is 29.8 Å². The fraction of sp³-hybridized carbons (Fsp3) is 0.647. The Morgan fingerprint density at radius 2 is 1.70 bits per heavy atom. The summed E-state index contributed by atoms with van der Waals surface area (Å²) in [5.41, 5.74) is 2.68. The first-order chi connectivity index (χ1) is 9.67. The van der Waals surface area contributed by atoms with Gasteiger partial charge in [0, 0.05) is 24.9 Å². The van der Waals surface area contributed by atoms with Crippen LogP contribution in [0.2, 0.25) is 0 Å². The maximum absolute atomic E-state index is 5.78. The molecular formula is C17H25NO2. The van der Waals surface area contributed by atoms with Crippen LogP contribution in [0.15, 0.2) is 24.3 Å². The zero-order valence-corrected chi connectivity index (χ0v) is 12.5. The van der Waals surface area contributed by atoms with E-state index in [0.29, 0.717) is 12.1 Å². The Labute approximate surface area is 121 Å². The van der Waals surface area contributed by atoms with Gasteiger partial charge in [-0.05, 0) is 32.3 Å². The van der Waals surface area contributed by atoms with Crippen LogP contribution in [-0.2, 0) is 9.47 Å². The predicted octanol–water partition coefficient (Wildman–Crippen LogP) is 3.33. The second-order valence-electron chi connectivity index (χ2n) is 6.18. The van der Waals surface area contributed by atoms with Gasteiger partial charge in [0.2, 0.25) is 0 Å². The van der Waals surface area contributed by atoms with Crippen molar-refractivity contribution in [3.05, 3.63) is 35.4 Å². The molecule has 1 aliphatic heterocycles. The number of hydrogen-bond acceptors (Lipinski definition) is 3. The first-order valence-corrected chi connectivity index (χ1v) is 7.77. The smallest absolute Gasteiger partial charge is 0.168 e. The van der Waals surface area contributed by atoms with Crippen molar-refractivity contribution in [3.63, 3.8) is 0 Å². The Kier molecular flexibility index (Phi) is 4.11.